The molecule has 0 unspecified atom stereocenters. The minimum atomic E-state index is -0.0859. The van der Waals surface area contributed by atoms with Gasteiger partial charge in [-0.05, 0) is 23.4 Å². The summed E-state index contributed by atoms with van der Waals surface area (Å²) in [5, 5.41) is 7.76. The largest absolute Gasteiger partial charge is 0.497 e. The number of ether oxygens (including phenoxy) is 2. The van der Waals surface area contributed by atoms with Gasteiger partial charge in [-0.15, -0.1) is 0 Å². The van der Waals surface area contributed by atoms with Crippen LogP contribution in [0.5, 0.6) is 11.5 Å². The summed E-state index contributed by atoms with van der Waals surface area (Å²) in [5.41, 5.74) is 5.12. The monoisotopic (exact) mass is 397 g/mol. The first-order valence-corrected chi connectivity index (χ1v) is 9.68. The first kappa shape index (κ1) is 19.9. The molecule has 2 aromatic heterocycles. The fraction of sp³-hybridized carbons (Fsp3) is 0.150. The molecule has 148 valence electrons. The Hall–Kier alpha value is -3.42. The van der Waals surface area contributed by atoms with E-state index in [1.54, 1.807) is 20.4 Å². The molecule has 4 rings (SSSR count). The van der Waals surface area contributed by atoms with Crippen molar-refractivity contribution in [2.75, 3.05) is 19.5 Å². The number of hydrogen-bond acceptors (Lipinski definition) is 6. The number of aromatic nitrogens is 4. The van der Waals surface area contributed by atoms with Crippen LogP contribution in [0.15, 0.2) is 55.0 Å². The van der Waals surface area contributed by atoms with E-state index in [0.717, 1.165) is 45.2 Å². The molecule has 0 bridgehead atoms. The number of nitrogens with zero attached hydrogens (tertiary/aromatic N) is 4. The SMILES string of the molecule is BC(B)(B)n1cc(-c2cnc3ccc(Nc4cc(OC)cc(OC)c4)cc3n2)cn1. The average Bonchev–Trinajstić information content (AvgIpc) is 3.24. The van der Waals surface area contributed by atoms with Gasteiger partial charge in [-0.1, -0.05) is 0 Å². The lowest BCUT2D eigenvalue weighted by molar-refractivity contribution is 0.395. The summed E-state index contributed by atoms with van der Waals surface area (Å²) in [7, 11) is 9.60. The van der Waals surface area contributed by atoms with Gasteiger partial charge in [-0.2, -0.15) is 5.10 Å². The van der Waals surface area contributed by atoms with Crippen LogP contribution >= 0.6 is 0 Å². The Bertz CT molecular complexity index is 1180. The zero-order chi connectivity index (χ0) is 21.3. The lowest BCUT2D eigenvalue weighted by Crippen LogP contribution is -2.35. The van der Waals surface area contributed by atoms with Crippen molar-refractivity contribution in [1.82, 2.24) is 19.7 Å². The van der Waals surface area contributed by atoms with Crippen molar-refractivity contribution in [3.05, 3.63) is 55.0 Å². The van der Waals surface area contributed by atoms with E-state index < -0.39 is 0 Å². The molecular formula is C20H22B3N5O2. The second-order valence-corrected chi connectivity index (χ2v) is 8.03. The zero-order valence-corrected chi connectivity index (χ0v) is 17.8. The predicted octanol–water partition coefficient (Wildman–Crippen LogP) is 0.721. The van der Waals surface area contributed by atoms with Gasteiger partial charge in [0.1, 0.15) is 35.0 Å². The van der Waals surface area contributed by atoms with Crippen molar-refractivity contribution in [3.63, 3.8) is 0 Å². The molecule has 0 saturated carbocycles. The Kier molecular flexibility index (Phi) is 5.16. The van der Waals surface area contributed by atoms with Crippen molar-refractivity contribution in [2.45, 2.75) is 5.24 Å². The zero-order valence-electron chi connectivity index (χ0n) is 17.8. The summed E-state index contributed by atoms with van der Waals surface area (Å²) in [6.07, 6.45) is 5.61. The van der Waals surface area contributed by atoms with Crippen LogP contribution in [-0.2, 0) is 5.24 Å². The predicted molar refractivity (Wildman–Crippen MR) is 127 cm³/mol. The fourth-order valence-electron chi connectivity index (χ4n) is 3.10. The first-order valence-electron chi connectivity index (χ1n) is 9.68. The number of nitrogens with one attached hydrogen (secondary N) is 1. The normalized spacial score (nSPS) is 11.4. The van der Waals surface area contributed by atoms with Gasteiger partial charge in [0.15, 0.2) is 0 Å². The molecule has 0 fully saturated rings. The summed E-state index contributed by atoms with van der Waals surface area (Å²) in [6.45, 7) is 0. The summed E-state index contributed by atoms with van der Waals surface area (Å²) < 4.78 is 12.6. The molecule has 0 aliphatic carbocycles. The molecule has 2 heterocycles. The molecule has 0 amide bonds. The third-order valence-electron chi connectivity index (χ3n) is 4.75. The van der Waals surface area contributed by atoms with Crippen molar-refractivity contribution in [1.29, 1.82) is 0 Å². The molecule has 30 heavy (non-hydrogen) atoms. The maximum atomic E-state index is 5.35. The number of rotatable bonds is 6. The maximum absolute atomic E-state index is 5.35. The molecule has 4 aromatic rings. The molecule has 0 saturated heterocycles. The maximum Gasteiger partial charge on any atom is 0.124 e. The minimum absolute atomic E-state index is 0.0859. The van der Waals surface area contributed by atoms with Gasteiger partial charge in [-0.3, -0.25) is 9.67 Å². The van der Waals surface area contributed by atoms with E-state index >= 15 is 0 Å². The van der Waals surface area contributed by atoms with Gasteiger partial charge in [0.25, 0.3) is 0 Å². The molecule has 7 nitrogen and oxygen atoms in total. The number of fused-ring (bicyclic) bond motifs is 1. The molecule has 1 N–H and O–H groups in total. The number of anilines is 2. The molecule has 2 aromatic carbocycles. The number of methoxy groups -OCH3 is 2. The van der Waals surface area contributed by atoms with Crippen LogP contribution in [0.25, 0.3) is 22.3 Å². The highest BCUT2D eigenvalue weighted by Crippen LogP contribution is 2.29. The van der Waals surface area contributed by atoms with Gasteiger partial charge in [0.05, 0.1) is 43.3 Å². The highest BCUT2D eigenvalue weighted by Gasteiger charge is 2.15. The number of hydrogen-bond donors (Lipinski definition) is 1. The summed E-state index contributed by atoms with van der Waals surface area (Å²) >= 11 is 0. The van der Waals surface area contributed by atoms with Gasteiger partial charge < -0.3 is 14.8 Å². The van der Waals surface area contributed by atoms with Gasteiger partial charge in [0.2, 0.25) is 0 Å². The second-order valence-electron chi connectivity index (χ2n) is 8.03. The summed E-state index contributed by atoms with van der Waals surface area (Å²) in [4.78, 5) is 9.37. The Morgan fingerprint density at radius 3 is 2.27 bits per heavy atom. The van der Waals surface area contributed by atoms with Crippen molar-refractivity contribution >= 4 is 45.9 Å². The van der Waals surface area contributed by atoms with Crippen LogP contribution in [0, 0.1) is 0 Å². The highest BCUT2D eigenvalue weighted by molar-refractivity contribution is 6.56. The molecular weight excluding hydrogens is 375 g/mol. The van der Waals surface area contributed by atoms with Crippen molar-refractivity contribution in [3.8, 4) is 22.8 Å². The van der Waals surface area contributed by atoms with E-state index in [1.165, 1.54) is 0 Å². The van der Waals surface area contributed by atoms with Crippen LogP contribution < -0.4 is 14.8 Å². The van der Waals surface area contributed by atoms with Crippen LogP contribution in [0.3, 0.4) is 0 Å². The van der Waals surface area contributed by atoms with E-state index in [1.807, 2.05) is 53.5 Å². The lowest BCUT2D eigenvalue weighted by atomic mass is 9.49. The third kappa shape index (κ3) is 4.12. The van der Waals surface area contributed by atoms with Crippen molar-refractivity contribution < 1.29 is 9.47 Å². The first-order chi connectivity index (χ1) is 14.4. The van der Waals surface area contributed by atoms with E-state index in [9.17, 15) is 0 Å². The second kappa shape index (κ2) is 7.78. The van der Waals surface area contributed by atoms with Gasteiger partial charge >= 0.3 is 0 Å². The Morgan fingerprint density at radius 1 is 0.900 bits per heavy atom. The topological polar surface area (TPSA) is 74.1 Å². The molecule has 10 heteroatoms. The van der Waals surface area contributed by atoms with Gasteiger partial charge in [0, 0.05) is 41.3 Å². The van der Waals surface area contributed by atoms with E-state index in [0.29, 0.717) is 0 Å². The Labute approximate surface area is 178 Å². The molecule has 0 radical (unpaired) electrons. The Morgan fingerprint density at radius 2 is 1.63 bits per heavy atom. The van der Waals surface area contributed by atoms with Crippen LogP contribution in [0.1, 0.15) is 0 Å². The Balaban J connectivity index is 1.66. The molecule has 0 atom stereocenters. The smallest absolute Gasteiger partial charge is 0.124 e. The lowest BCUT2D eigenvalue weighted by Gasteiger charge is -2.18. The fourth-order valence-corrected chi connectivity index (χ4v) is 3.10. The quantitative estimate of drug-likeness (QED) is 0.484. The molecule has 0 aliphatic rings. The molecule has 0 spiro atoms. The number of benzene rings is 2. The van der Waals surface area contributed by atoms with E-state index in [-0.39, 0.29) is 5.24 Å². The van der Waals surface area contributed by atoms with E-state index in [4.69, 9.17) is 14.5 Å². The van der Waals surface area contributed by atoms with Gasteiger partial charge in [-0.25, -0.2) is 4.98 Å². The van der Waals surface area contributed by atoms with Crippen LogP contribution in [0.2, 0.25) is 0 Å². The third-order valence-corrected chi connectivity index (χ3v) is 4.75. The minimum Gasteiger partial charge on any atom is -0.497 e. The van der Waals surface area contributed by atoms with Crippen molar-refractivity contribution in [2.24, 2.45) is 0 Å². The average molecular weight is 397 g/mol. The van der Waals surface area contributed by atoms with E-state index in [2.05, 4.69) is 38.9 Å². The summed E-state index contributed by atoms with van der Waals surface area (Å²) in [6, 6.07) is 11.6. The van der Waals surface area contributed by atoms with Crippen LogP contribution in [-0.4, -0.2) is 57.5 Å². The molecule has 0 aliphatic heterocycles. The highest BCUT2D eigenvalue weighted by atomic mass is 16.5. The summed E-state index contributed by atoms with van der Waals surface area (Å²) in [5.74, 6) is 1.44. The van der Waals surface area contributed by atoms with Crippen LogP contribution in [0.4, 0.5) is 11.4 Å². The standard InChI is InChI=1S/C20H22B3N5O2/c1-29-15-5-14(6-16(8-15)30-2)26-13-3-4-17-18(7-13)27-19(10-24-17)12-9-25-28(11-12)20(21,22)23/h3-11,26H,21-23H2,1-2H3.